The van der Waals surface area contributed by atoms with Crippen molar-refractivity contribution in [3.63, 3.8) is 0 Å². The number of carbonyl (C=O) groups excluding carboxylic acids is 3. The van der Waals surface area contributed by atoms with Crippen molar-refractivity contribution in [3.05, 3.63) is 39.2 Å². The first-order valence-electron chi connectivity index (χ1n) is 12.6. The number of carbonyl (C=O) groups is 3. The number of nitrogens with zero attached hydrogens (tertiary/aromatic N) is 4. The first-order valence-corrected chi connectivity index (χ1v) is 14.4. The van der Waals surface area contributed by atoms with Gasteiger partial charge in [0.2, 0.25) is 5.91 Å². The van der Waals surface area contributed by atoms with E-state index in [0.29, 0.717) is 33.9 Å². The summed E-state index contributed by atoms with van der Waals surface area (Å²) in [5, 5.41) is 8.29. The summed E-state index contributed by atoms with van der Waals surface area (Å²) in [6, 6.07) is 0. The second-order valence-corrected chi connectivity index (χ2v) is 11.1. The number of rotatable bonds is 8. The van der Waals surface area contributed by atoms with E-state index in [0.717, 1.165) is 47.4 Å². The van der Waals surface area contributed by atoms with E-state index < -0.39 is 0 Å². The molecule has 2 aromatic heterocycles. The molecule has 1 atom stereocenters. The topological polar surface area (TPSA) is 106 Å². The Morgan fingerprint density at radius 1 is 1.32 bits per heavy atom. The molecule has 0 saturated heterocycles. The summed E-state index contributed by atoms with van der Waals surface area (Å²) in [6.45, 7) is 8.43. The molecule has 0 bridgehead atoms. The van der Waals surface area contributed by atoms with Crippen LogP contribution in [0.1, 0.15) is 65.7 Å². The molecular weight excluding hydrogens is 510 g/mol. The molecule has 2 aromatic rings. The Bertz CT molecular complexity index is 1280. The predicted molar refractivity (Wildman–Crippen MR) is 148 cm³/mol. The number of hydrogen-bond donors (Lipinski definition) is 1. The number of aromatic nitrogens is 2. The average molecular weight is 544 g/mol. The minimum atomic E-state index is -0.388. The van der Waals surface area contributed by atoms with Crippen LogP contribution in [-0.2, 0) is 34.2 Å². The van der Waals surface area contributed by atoms with Crippen LogP contribution in [-0.4, -0.2) is 56.5 Å². The van der Waals surface area contributed by atoms with E-state index in [1.54, 1.807) is 22.6 Å². The van der Waals surface area contributed by atoms with Crippen LogP contribution >= 0.6 is 23.1 Å². The van der Waals surface area contributed by atoms with Gasteiger partial charge in [-0.25, -0.2) is 9.79 Å². The number of fused-ring (bicyclic) bond motifs is 1. The summed E-state index contributed by atoms with van der Waals surface area (Å²) in [6.07, 6.45) is 7.43. The average Bonchev–Trinajstić information content (AvgIpc) is 3.49. The number of thioether (sulfide) groups is 1. The van der Waals surface area contributed by atoms with Gasteiger partial charge in [-0.15, -0.1) is 11.3 Å². The Morgan fingerprint density at radius 2 is 2.11 bits per heavy atom. The Balaban J connectivity index is 1.49. The molecule has 1 aliphatic heterocycles. The highest BCUT2D eigenvalue weighted by molar-refractivity contribution is 8.14. The highest BCUT2D eigenvalue weighted by Gasteiger charge is 2.32. The monoisotopic (exact) mass is 543 g/mol. The fourth-order valence-corrected chi connectivity index (χ4v) is 6.86. The number of amidine groups is 1. The van der Waals surface area contributed by atoms with Gasteiger partial charge in [0, 0.05) is 30.2 Å². The fraction of sp³-hybridized carbons (Fsp3) is 0.500. The van der Waals surface area contributed by atoms with Crippen LogP contribution in [0.3, 0.4) is 0 Å². The summed E-state index contributed by atoms with van der Waals surface area (Å²) >= 11 is 2.68. The highest BCUT2D eigenvalue weighted by atomic mass is 32.2. The molecule has 1 N–H and O–H groups in total. The van der Waals surface area contributed by atoms with Gasteiger partial charge in [0.05, 0.1) is 23.6 Å². The number of ether oxygens (including phenoxy) is 1. The number of likely N-dealkylation sites (N-methyl/N-ethyl adjacent to an activating group) is 1. The van der Waals surface area contributed by atoms with E-state index in [-0.39, 0.29) is 30.1 Å². The zero-order chi connectivity index (χ0) is 26.7. The summed E-state index contributed by atoms with van der Waals surface area (Å²) in [5.74, 6) is -0.190. The molecule has 3 heterocycles. The molecule has 1 aliphatic carbocycles. The number of esters is 1. The molecule has 2 amide bonds. The van der Waals surface area contributed by atoms with E-state index in [9.17, 15) is 14.4 Å². The van der Waals surface area contributed by atoms with E-state index in [1.165, 1.54) is 23.1 Å². The number of nitrogens with one attached hydrogen (secondary N) is 1. The van der Waals surface area contributed by atoms with Crippen molar-refractivity contribution in [1.29, 1.82) is 0 Å². The smallest absolute Gasteiger partial charge is 0.341 e. The largest absolute Gasteiger partial charge is 0.462 e. The Morgan fingerprint density at radius 3 is 2.76 bits per heavy atom. The summed E-state index contributed by atoms with van der Waals surface area (Å²) in [5.41, 5.74) is 3.47. The zero-order valence-corrected chi connectivity index (χ0v) is 23.6. The third-order valence-corrected chi connectivity index (χ3v) is 8.73. The maximum absolute atomic E-state index is 13.0. The molecule has 0 radical (unpaired) electrons. The van der Waals surface area contributed by atoms with Crippen LogP contribution in [0, 0.1) is 12.8 Å². The summed E-state index contributed by atoms with van der Waals surface area (Å²) in [7, 11) is 1.83. The molecule has 0 fully saturated rings. The molecule has 198 valence electrons. The Labute approximate surface area is 225 Å². The molecule has 9 nitrogen and oxygen atoms in total. The van der Waals surface area contributed by atoms with Crippen molar-refractivity contribution in [2.24, 2.45) is 18.0 Å². The summed E-state index contributed by atoms with van der Waals surface area (Å²) < 4.78 is 7.01. The first-order chi connectivity index (χ1) is 17.7. The van der Waals surface area contributed by atoms with Gasteiger partial charge in [-0.1, -0.05) is 25.1 Å². The SMILES string of the molecule is CCOC(=O)c1c(NC(=O)CSC2=N/C(=C/c3cn(C)nc3C)C(=O)N2CC)sc2c1CCC(CC)C2. The van der Waals surface area contributed by atoms with E-state index in [2.05, 4.69) is 22.3 Å². The van der Waals surface area contributed by atoms with E-state index >= 15 is 0 Å². The lowest BCUT2D eigenvalue weighted by atomic mass is 9.85. The minimum absolute atomic E-state index is 0.0598. The molecule has 11 heteroatoms. The third kappa shape index (κ3) is 5.82. The molecule has 1 unspecified atom stereocenters. The lowest BCUT2D eigenvalue weighted by Crippen LogP contribution is -2.31. The fourth-order valence-electron chi connectivity index (χ4n) is 4.63. The van der Waals surface area contributed by atoms with Gasteiger partial charge in [-0.05, 0) is 57.6 Å². The minimum Gasteiger partial charge on any atom is -0.462 e. The lowest BCUT2D eigenvalue weighted by molar-refractivity contribution is -0.122. The van der Waals surface area contributed by atoms with Crippen LogP contribution < -0.4 is 5.32 Å². The van der Waals surface area contributed by atoms with Gasteiger partial charge >= 0.3 is 5.97 Å². The van der Waals surface area contributed by atoms with Crippen LogP contribution in [0.4, 0.5) is 5.00 Å². The lowest BCUT2D eigenvalue weighted by Gasteiger charge is -2.20. The number of hydrogen-bond acceptors (Lipinski definition) is 8. The van der Waals surface area contributed by atoms with E-state index in [1.807, 2.05) is 27.1 Å². The molecule has 0 spiro atoms. The first kappa shape index (κ1) is 27.1. The van der Waals surface area contributed by atoms with Crippen molar-refractivity contribution >= 4 is 57.1 Å². The number of aryl methyl sites for hydroxylation is 2. The second-order valence-electron chi connectivity index (χ2n) is 9.10. The van der Waals surface area contributed by atoms with Gasteiger partial charge in [0.15, 0.2) is 5.17 Å². The number of amides is 2. The van der Waals surface area contributed by atoms with Gasteiger partial charge in [-0.3, -0.25) is 19.2 Å². The Kier molecular flexibility index (Phi) is 8.53. The zero-order valence-electron chi connectivity index (χ0n) is 21.9. The van der Waals surface area contributed by atoms with Crippen LogP contribution in [0.15, 0.2) is 16.9 Å². The van der Waals surface area contributed by atoms with Crippen LogP contribution in [0.5, 0.6) is 0 Å². The molecule has 37 heavy (non-hydrogen) atoms. The quantitative estimate of drug-likeness (QED) is 0.391. The van der Waals surface area contributed by atoms with Crippen LogP contribution in [0.25, 0.3) is 6.08 Å². The van der Waals surface area contributed by atoms with Gasteiger partial charge in [-0.2, -0.15) is 5.10 Å². The van der Waals surface area contributed by atoms with Crippen molar-refractivity contribution in [3.8, 4) is 0 Å². The van der Waals surface area contributed by atoms with Crippen molar-refractivity contribution in [2.45, 2.75) is 53.4 Å². The molecule has 0 aromatic carbocycles. The summed E-state index contributed by atoms with van der Waals surface area (Å²) in [4.78, 5) is 45.9. The predicted octanol–water partition coefficient (Wildman–Crippen LogP) is 4.41. The van der Waals surface area contributed by atoms with E-state index in [4.69, 9.17) is 4.74 Å². The Hall–Kier alpha value is -2.92. The molecule has 4 rings (SSSR count). The molecule has 2 aliphatic rings. The standard InChI is InChI=1S/C26H33N5O4S2/c1-6-16-9-10-18-20(11-16)37-23(22(18)25(34)35-8-3)28-21(32)14-36-26-27-19(24(33)31(26)7-2)12-17-13-30(5)29-15(17)4/h12-13,16H,6-11,14H2,1-5H3,(H,28,32)/b19-12+. The maximum atomic E-state index is 13.0. The van der Waals surface area contributed by atoms with Gasteiger partial charge in [0.25, 0.3) is 5.91 Å². The van der Waals surface area contributed by atoms with Gasteiger partial charge < -0.3 is 10.1 Å². The number of thiophene rings is 1. The number of anilines is 1. The number of aliphatic imine (C=N–C) groups is 1. The van der Waals surface area contributed by atoms with Gasteiger partial charge in [0.1, 0.15) is 10.7 Å². The maximum Gasteiger partial charge on any atom is 0.341 e. The molecule has 0 saturated carbocycles. The highest BCUT2D eigenvalue weighted by Crippen LogP contribution is 2.41. The van der Waals surface area contributed by atoms with Crippen LogP contribution in [0.2, 0.25) is 0 Å². The van der Waals surface area contributed by atoms with Crippen molar-refractivity contribution < 1.29 is 19.1 Å². The van der Waals surface area contributed by atoms with Crippen molar-refractivity contribution in [1.82, 2.24) is 14.7 Å². The normalized spacial score (nSPS) is 18.2. The second kappa shape index (κ2) is 11.6. The molecular formula is C26H33N5O4S2. The third-order valence-electron chi connectivity index (χ3n) is 6.58. The van der Waals surface area contributed by atoms with Crippen molar-refractivity contribution in [2.75, 3.05) is 24.2 Å².